The summed E-state index contributed by atoms with van der Waals surface area (Å²) in [6.45, 7) is 2.57. The summed E-state index contributed by atoms with van der Waals surface area (Å²) in [6.07, 6.45) is -1.39. The first-order valence-corrected chi connectivity index (χ1v) is 8.83. The zero-order valence-electron chi connectivity index (χ0n) is 16.5. The van der Waals surface area contributed by atoms with E-state index in [0.29, 0.717) is 0 Å². The molecule has 0 saturated carbocycles. The molecule has 13 heteroatoms. The highest BCUT2D eigenvalue weighted by atomic mass is 16.4. The molecular weight excluding hydrogens is 390 g/mol. The number of carboxylic acid groups (broad SMARTS) is 1. The van der Waals surface area contributed by atoms with E-state index >= 15 is 0 Å². The minimum absolute atomic E-state index is 0.345. The Morgan fingerprint density at radius 1 is 0.897 bits per heavy atom. The van der Waals surface area contributed by atoms with Gasteiger partial charge in [-0.25, -0.2) is 0 Å². The van der Waals surface area contributed by atoms with E-state index in [0.717, 1.165) is 0 Å². The maximum Gasteiger partial charge on any atom is 0.322 e. The van der Waals surface area contributed by atoms with Gasteiger partial charge in [0.1, 0.15) is 24.7 Å². The molecule has 0 unspecified atom stereocenters. The van der Waals surface area contributed by atoms with Crippen LogP contribution in [0.2, 0.25) is 0 Å². The molecule has 0 aromatic carbocycles. The molecule has 0 aromatic heterocycles. The van der Waals surface area contributed by atoms with Crippen LogP contribution in [-0.4, -0.2) is 88.8 Å². The maximum absolute atomic E-state index is 12.4. The summed E-state index contributed by atoms with van der Waals surface area (Å²) >= 11 is 0. The van der Waals surface area contributed by atoms with Gasteiger partial charge in [0.15, 0.2) is 0 Å². The van der Waals surface area contributed by atoms with E-state index in [4.69, 9.17) is 10.8 Å². The van der Waals surface area contributed by atoms with Gasteiger partial charge in [-0.3, -0.25) is 24.0 Å². The minimum Gasteiger partial charge on any atom is -0.480 e. The first-order chi connectivity index (χ1) is 13.4. The second-order valence-electron chi connectivity index (χ2n) is 6.58. The molecule has 0 radical (unpaired) electrons. The number of carboxylic acids is 1. The fraction of sp³-hybridized carbons (Fsp3) is 0.688. The highest BCUT2D eigenvalue weighted by Gasteiger charge is 2.32. The largest absolute Gasteiger partial charge is 0.480 e. The lowest BCUT2D eigenvalue weighted by atomic mass is 10.0. The molecule has 0 aliphatic heterocycles. The van der Waals surface area contributed by atoms with Crippen molar-refractivity contribution in [3.05, 3.63) is 0 Å². The Hall–Kier alpha value is -2.77. The van der Waals surface area contributed by atoms with Crippen molar-refractivity contribution in [3.8, 4) is 0 Å². The number of hydrogen-bond acceptors (Lipinski definition) is 8. The number of nitrogens with one attached hydrogen (secondary N) is 4. The number of rotatable bonds is 12. The van der Waals surface area contributed by atoms with Gasteiger partial charge >= 0.3 is 5.97 Å². The topological polar surface area (TPSA) is 220 Å². The quantitative estimate of drug-likeness (QED) is 0.153. The highest BCUT2D eigenvalue weighted by Crippen LogP contribution is 2.03. The van der Waals surface area contributed by atoms with Gasteiger partial charge in [0.25, 0.3) is 0 Å². The molecule has 0 aliphatic carbocycles. The summed E-state index contributed by atoms with van der Waals surface area (Å²) in [5, 5.41) is 36.5. The molecule has 9 N–H and O–H groups in total. The van der Waals surface area contributed by atoms with E-state index < -0.39 is 67.0 Å². The maximum atomic E-state index is 12.4. The Labute approximate surface area is 167 Å². The predicted molar refractivity (Wildman–Crippen MR) is 99.1 cm³/mol. The van der Waals surface area contributed by atoms with Crippen LogP contribution in [-0.2, 0) is 24.0 Å². The van der Waals surface area contributed by atoms with Crippen LogP contribution in [0.25, 0.3) is 0 Å². The molecular formula is C16H29N5O8. The molecule has 166 valence electrons. The number of nitrogens with two attached hydrogens (primary N) is 1. The van der Waals surface area contributed by atoms with E-state index in [2.05, 4.69) is 16.0 Å². The Morgan fingerprint density at radius 2 is 1.48 bits per heavy atom. The van der Waals surface area contributed by atoms with Crippen molar-refractivity contribution in [2.24, 2.45) is 11.7 Å². The number of aliphatic carboxylic acids is 1. The summed E-state index contributed by atoms with van der Waals surface area (Å²) in [6, 6.07) is -4.04. The summed E-state index contributed by atoms with van der Waals surface area (Å²) in [5.41, 5.74) is 5.20. The molecule has 0 aliphatic rings. The van der Waals surface area contributed by atoms with Crippen molar-refractivity contribution >= 4 is 29.6 Å². The van der Waals surface area contributed by atoms with E-state index in [9.17, 15) is 34.2 Å². The Bertz CT molecular complexity index is 610. The highest BCUT2D eigenvalue weighted by molar-refractivity contribution is 5.95. The summed E-state index contributed by atoms with van der Waals surface area (Å²) in [4.78, 5) is 58.7. The van der Waals surface area contributed by atoms with Crippen LogP contribution in [0.3, 0.4) is 0 Å². The summed E-state index contributed by atoms with van der Waals surface area (Å²) in [7, 11) is 0. The first kappa shape index (κ1) is 26.2. The normalized spacial score (nSPS) is 14.9. The average Bonchev–Trinajstić information content (AvgIpc) is 2.64. The first-order valence-electron chi connectivity index (χ1n) is 8.83. The van der Waals surface area contributed by atoms with Crippen LogP contribution >= 0.6 is 0 Å². The summed E-state index contributed by atoms with van der Waals surface area (Å²) in [5.74, 6) is -5.00. The van der Waals surface area contributed by atoms with Gasteiger partial charge in [-0.1, -0.05) is 13.8 Å². The molecule has 0 bridgehead atoms. The van der Waals surface area contributed by atoms with Gasteiger partial charge in [-0.2, -0.15) is 0 Å². The van der Waals surface area contributed by atoms with Gasteiger partial charge in [-0.15, -0.1) is 0 Å². The zero-order chi connectivity index (χ0) is 22.7. The molecule has 0 rings (SSSR count). The Kier molecular flexibility index (Phi) is 11.4. The molecule has 4 atom stereocenters. The molecule has 13 nitrogen and oxygen atoms in total. The average molecular weight is 419 g/mol. The standard InChI is InChI=1S/C16H29N5O8/c1-7(2)12(20-10(24)4-17)16(29)19-9(6-22)14(27)21-13(8(3)23)15(28)18-5-11(25)26/h7-9,12-13,22-23H,4-6,17H2,1-3H3,(H,18,28)(H,19,29)(H,20,24)(H,21,27)(H,25,26)/t8-,9+,12+,13+/m1/s1. The van der Waals surface area contributed by atoms with Crippen LogP contribution in [0.5, 0.6) is 0 Å². The second kappa shape index (κ2) is 12.6. The number of carbonyl (C=O) groups excluding carboxylic acids is 4. The lowest BCUT2D eigenvalue weighted by Crippen LogP contribution is -2.60. The van der Waals surface area contributed by atoms with Crippen LogP contribution in [0.15, 0.2) is 0 Å². The van der Waals surface area contributed by atoms with Crippen molar-refractivity contribution in [1.82, 2.24) is 21.3 Å². The number of aliphatic hydroxyl groups excluding tert-OH is 2. The molecule has 0 heterocycles. The third kappa shape index (κ3) is 9.32. The minimum atomic E-state index is -1.52. The van der Waals surface area contributed by atoms with Crippen molar-refractivity contribution in [1.29, 1.82) is 0 Å². The molecule has 29 heavy (non-hydrogen) atoms. The number of amides is 4. The lowest BCUT2D eigenvalue weighted by molar-refractivity contribution is -0.139. The van der Waals surface area contributed by atoms with Crippen LogP contribution in [0, 0.1) is 5.92 Å². The molecule has 0 fully saturated rings. The third-order valence-electron chi connectivity index (χ3n) is 3.74. The molecule has 4 amide bonds. The number of carbonyl (C=O) groups is 5. The van der Waals surface area contributed by atoms with Crippen LogP contribution < -0.4 is 27.0 Å². The Morgan fingerprint density at radius 3 is 1.90 bits per heavy atom. The van der Waals surface area contributed by atoms with Gasteiger partial charge in [0, 0.05) is 0 Å². The SMILES string of the molecule is CC(C)[C@H](NC(=O)CN)C(=O)N[C@@H](CO)C(=O)N[C@H](C(=O)NCC(=O)O)[C@@H](C)O. The molecule has 0 saturated heterocycles. The van der Waals surface area contributed by atoms with E-state index in [1.807, 2.05) is 5.32 Å². The smallest absolute Gasteiger partial charge is 0.322 e. The van der Waals surface area contributed by atoms with Crippen molar-refractivity contribution < 1.29 is 39.3 Å². The van der Waals surface area contributed by atoms with Crippen molar-refractivity contribution in [2.45, 2.75) is 45.0 Å². The van der Waals surface area contributed by atoms with Gasteiger partial charge in [-0.05, 0) is 12.8 Å². The van der Waals surface area contributed by atoms with Crippen LogP contribution in [0.1, 0.15) is 20.8 Å². The van der Waals surface area contributed by atoms with Gasteiger partial charge in [0.2, 0.25) is 23.6 Å². The van der Waals surface area contributed by atoms with E-state index in [1.165, 1.54) is 6.92 Å². The van der Waals surface area contributed by atoms with Crippen LogP contribution in [0.4, 0.5) is 0 Å². The molecule has 0 spiro atoms. The van der Waals surface area contributed by atoms with E-state index in [-0.39, 0.29) is 12.5 Å². The molecule has 0 aromatic rings. The summed E-state index contributed by atoms with van der Waals surface area (Å²) < 4.78 is 0. The zero-order valence-corrected chi connectivity index (χ0v) is 16.5. The fourth-order valence-corrected chi connectivity index (χ4v) is 2.15. The van der Waals surface area contributed by atoms with Gasteiger partial charge < -0.3 is 42.3 Å². The number of hydrogen-bond donors (Lipinski definition) is 8. The van der Waals surface area contributed by atoms with Crippen molar-refractivity contribution in [2.75, 3.05) is 19.7 Å². The number of aliphatic hydroxyl groups is 2. The Balaban J connectivity index is 5.15. The monoisotopic (exact) mass is 419 g/mol. The second-order valence-corrected chi connectivity index (χ2v) is 6.58. The third-order valence-corrected chi connectivity index (χ3v) is 3.74. The fourth-order valence-electron chi connectivity index (χ4n) is 2.15. The van der Waals surface area contributed by atoms with E-state index in [1.54, 1.807) is 13.8 Å². The van der Waals surface area contributed by atoms with Gasteiger partial charge in [0.05, 0.1) is 19.3 Å². The predicted octanol–water partition coefficient (Wildman–Crippen LogP) is -4.37. The van der Waals surface area contributed by atoms with Crippen molar-refractivity contribution in [3.63, 3.8) is 0 Å². The lowest BCUT2D eigenvalue weighted by Gasteiger charge is -2.26.